The van der Waals surface area contributed by atoms with Crippen molar-refractivity contribution in [3.8, 4) is 5.75 Å². The van der Waals surface area contributed by atoms with E-state index in [1.54, 1.807) is 0 Å². The molecular formula is C16H25N3O. The molecule has 2 aromatic rings. The summed E-state index contributed by atoms with van der Waals surface area (Å²) in [6.45, 7) is 7.18. The first kappa shape index (κ1) is 14.7. The average molecular weight is 275 g/mol. The third-order valence-electron chi connectivity index (χ3n) is 3.37. The van der Waals surface area contributed by atoms with Crippen molar-refractivity contribution in [2.24, 2.45) is 0 Å². The smallest absolute Gasteiger partial charge is 0.201 e. The molecule has 2 N–H and O–H groups in total. The van der Waals surface area contributed by atoms with Crippen LogP contribution in [0.25, 0.3) is 11.0 Å². The van der Waals surface area contributed by atoms with Crippen molar-refractivity contribution in [2.45, 2.75) is 59.1 Å². The van der Waals surface area contributed by atoms with Gasteiger partial charge in [-0.2, -0.15) is 0 Å². The quantitative estimate of drug-likeness (QED) is 0.777. The van der Waals surface area contributed by atoms with Gasteiger partial charge in [0, 0.05) is 6.54 Å². The monoisotopic (exact) mass is 275 g/mol. The molecule has 0 atom stereocenters. The molecule has 0 fully saturated rings. The number of nitrogens with two attached hydrogens (primary N) is 1. The molecule has 4 heteroatoms. The molecule has 2 rings (SSSR count). The van der Waals surface area contributed by atoms with Gasteiger partial charge in [-0.1, -0.05) is 32.3 Å². The SMILES string of the molecule is CCCCCCn1c(N)nc2c(OC(C)C)cccc21. The molecule has 0 spiro atoms. The maximum absolute atomic E-state index is 6.06. The number of para-hydroxylation sites is 1. The van der Waals surface area contributed by atoms with Crippen LogP contribution in [0.3, 0.4) is 0 Å². The summed E-state index contributed by atoms with van der Waals surface area (Å²) in [6, 6.07) is 6.02. The van der Waals surface area contributed by atoms with Gasteiger partial charge in [-0.25, -0.2) is 4.98 Å². The van der Waals surface area contributed by atoms with Gasteiger partial charge in [0.05, 0.1) is 11.6 Å². The molecular weight excluding hydrogens is 250 g/mol. The van der Waals surface area contributed by atoms with E-state index in [0.717, 1.165) is 29.7 Å². The molecule has 0 aliphatic heterocycles. The predicted molar refractivity (Wildman–Crippen MR) is 84.1 cm³/mol. The summed E-state index contributed by atoms with van der Waals surface area (Å²) >= 11 is 0. The molecule has 20 heavy (non-hydrogen) atoms. The van der Waals surface area contributed by atoms with Crippen LogP contribution in [-0.4, -0.2) is 15.7 Å². The summed E-state index contributed by atoms with van der Waals surface area (Å²) in [5.74, 6) is 1.40. The summed E-state index contributed by atoms with van der Waals surface area (Å²) in [4.78, 5) is 4.48. The Bertz CT molecular complexity index is 560. The fourth-order valence-corrected chi connectivity index (χ4v) is 2.42. The second-order valence-electron chi connectivity index (χ2n) is 5.47. The lowest BCUT2D eigenvalue weighted by atomic mass is 10.2. The molecule has 0 amide bonds. The van der Waals surface area contributed by atoms with Crippen molar-refractivity contribution in [2.75, 3.05) is 5.73 Å². The molecule has 4 nitrogen and oxygen atoms in total. The number of ether oxygens (including phenoxy) is 1. The van der Waals surface area contributed by atoms with Crippen molar-refractivity contribution >= 4 is 17.0 Å². The van der Waals surface area contributed by atoms with Crippen molar-refractivity contribution in [1.29, 1.82) is 0 Å². The van der Waals surface area contributed by atoms with Crippen LogP contribution in [0.1, 0.15) is 46.5 Å². The molecule has 0 radical (unpaired) electrons. The number of anilines is 1. The number of hydrogen-bond acceptors (Lipinski definition) is 3. The summed E-state index contributed by atoms with van der Waals surface area (Å²) in [5, 5.41) is 0. The highest BCUT2D eigenvalue weighted by atomic mass is 16.5. The number of unbranched alkanes of at least 4 members (excludes halogenated alkanes) is 3. The van der Waals surface area contributed by atoms with Gasteiger partial charge in [-0.3, -0.25) is 0 Å². The van der Waals surface area contributed by atoms with Crippen LogP contribution >= 0.6 is 0 Å². The molecule has 0 saturated carbocycles. The second-order valence-corrected chi connectivity index (χ2v) is 5.47. The number of aryl methyl sites for hydroxylation is 1. The normalized spacial score (nSPS) is 11.4. The first-order valence-electron chi connectivity index (χ1n) is 7.54. The van der Waals surface area contributed by atoms with Crippen LogP contribution in [-0.2, 0) is 6.54 Å². The van der Waals surface area contributed by atoms with Crippen LogP contribution < -0.4 is 10.5 Å². The largest absolute Gasteiger partial charge is 0.489 e. The lowest BCUT2D eigenvalue weighted by molar-refractivity contribution is 0.245. The molecule has 0 aliphatic rings. The number of nitrogen functional groups attached to an aromatic ring is 1. The fraction of sp³-hybridized carbons (Fsp3) is 0.562. The zero-order valence-corrected chi connectivity index (χ0v) is 12.7. The third-order valence-corrected chi connectivity index (χ3v) is 3.37. The van der Waals surface area contributed by atoms with Crippen LogP contribution in [0, 0.1) is 0 Å². The first-order valence-corrected chi connectivity index (χ1v) is 7.54. The van der Waals surface area contributed by atoms with Crippen molar-refractivity contribution in [3.05, 3.63) is 18.2 Å². The lowest BCUT2D eigenvalue weighted by Gasteiger charge is -2.10. The summed E-state index contributed by atoms with van der Waals surface area (Å²) in [7, 11) is 0. The maximum atomic E-state index is 6.06. The number of fused-ring (bicyclic) bond motifs is 1. The van der Waals surface area contributed by atoms with Crippen molar-refractivity contribution in [1.82, 2.24) is 9.55 Å². The summed E-state index contributed by atoms with van der Waals surface area (Å²) < 4.78 is 7.90. The Hall–Kier alpha value is -1.71. The van der Waals surface area contributed by atoms with Crippen LogP contribution in [0.5, 0.6) is 5.75 Å². The number of rotatable bonds is 7. The van der Waals surface area contributed by atoms with E-state index in [1.807, 2.05) is 26.0 Å². The van der Waals surface area contributed by atoms with Gasteiger partial charge in [0.25, 0.3) is 0 Å². The Labute approximate surface area is 120 Å². The van der Waals surface area contributed by atoms with Gasteiger partial charge < -0.3 is 15.0 Å². The van der Waals surface area contributed by atoms with Crippen LogP contribution in [0.4, 0.5) is 5.95 Å². The zero-order chi connectivity index (χ0) is 14.5. The molecule has 1 aromatic carbocycles. The standard InChI is InChI=1S/C16H25N3O/c1-4-5-6-7-11-19-13-9-8-10-14(20-12(2)3)15(13)18-16(19)17/h8-10,12H,4-7,11H2,1-3H3,(H2,17,18). The zero-order valence-electron chi connectivity index (χ0n) is 12.7. The molecule has 0 unspecified atom stereocenters. The molecule has 1 aromatic heterocycles. The minimum atomic E-state index is 0.136. The lowest BCUT2D eigenvalue weighted by Crippen LogP contribution is -2.06. The predicted octanol–water partition coefficient (Wildman–Crippen LogP) is 3.99. The summed E-state index contributed by atoms with van der Waals surface area (Å²) in [6.07, 6.45) is 5.02. The Morgan fingerprint density at radius 3 is 2.75 bits per heavy atom. The van der Waals surface area contributed by atoms with E-state index in [2.05, 4.69) is 22.5 Å². The Balaban J connectivity index is 2.24. The minimum absolute atomic E-state index is 0.136. The van der Waals surface area contributed by atoms with Gasteiger partial charge in [0.1, 0.15) is 11.3 Å². The average Bonchev–Trinajstić information content (AvgIpc) is 2.72. The highest BCUT2D eigenvalue weighted by Gasteiger charge is 2.12. The minimum Gasteiger partial charge on any atom is -0.489 e. The van der Waals surface area contributed by atoms with Gasteiger partial charge in [0.2, 0.25) is 5.95 Å². The molecule has 0 saturated heterocycles. The van der Waals surface area contributed by atoms with Crippen molar-refractivity contribution in [3.63, 3.8) is 0 Å². The van der Waals surface area contributed by atoms with Gasteiger partial charge >= 0.3 is 0 Å². The van der Waals surface area contributed by atoms with Crippen LogP contribution in [0.2, 0.25) is 0 Å². The van der Waals surface area contributed by atoms with E-state index in [0.29, 0.717) is 5.95 Å². The van der Waals surface area contributed by atoms with Gasteiger partial charge in [0.15, 0.2) is 0 Å². The second kappa shape index (κ2) is 6.64. The topological polar surface area (TPSA) is 53.1 Å². The van der Waals surface area contributed by atoms with Crippen molar-refractivity contribution < 1.29 is 4.74 Å². The number of aromatic nitrogens is 2. The molecule has 0 aliphatic carbocycles. The number of benzene rings is 1. The van der Waals surface area contributed by atoms with E-state index in [-0.39, 0.29) is 6.10 Å². The third kappa shape index (κ3) is 3.24. The molecule has 110 valence electrons. The van der Waals surface area contributed by atoms with E-state index in [4.69, 9.17) is 10.5 Å². The van der Waals surface area contributed by atoms with Gasteiger partial charge in [-0.05, 0) is 32.4 Å². The highest BCUT2D eigenvalue weighted by Crippen LogP contribution is 2.28. The Kier molecular flexibility index (Phi) is 4.88. The number of imidazole rings is 1. The molecule has 0 bridgehead atoms. The number of hydrogen-bond donors (Lipinski definition) is 1. The highest BCUT2D eigenvalue weighted by molar-refractivity contribution is 5.84. The summed E-state index contributed by atoms with van der Waals surface area (Å²) in [5.41, 5.74) is 8.00. The van der Waals surface area contributed by atoms with Crippen LogP contribution in [0.15, 0.2) is 18.2 Å². The van der Waals surface area contributed by atoms with Gasteiger partial charge in [-0.15, -0.1) is 0 Å². The Morgan fingerprint density at radius 1 is 1.25 bits per heavy atom. The maximum Gasteiger partial charge on any atom is 0.201 e. The van der Waals surface area contributed by atoms with E-state index < -0.39 is 0 Å². The molecule has 1 heterocycles. The fourth-order valence-electron chi connectivity index (χ4n) is 2.42. The van der Waals surface area contributed by atoms with E-state index in [9.17, 15) is 0 Å². The van der Waals surface area contributed by atoms with E-state index >= 15 is 0 Å². The van der Waals surface area contributed by atoms with E-state index in [1.165, 1.54) is 19.3 Å². The Morgan fingerprint density at radius 2 is 2.05 bits per heavy atom. The first-order chi connectivity index (χ1) is 9.63. The number of nitrogens with zero attached hydrogens (tertiary/aromatic N) is 2.